The van der Waals surface area contributed by atoms with E-state index in [9.17, 15) is 10.1 Å². The van der Waals surface area contributed by atoms with Crippen LogP contribution in [-0.2, 0) is 0 Å². The first-order valence-electron chi connectivity index (χ1n) is 7.07. The number of nitrogens with one attached hydrogen (secondary N) is 1. The molecule has 9 heteroatoms. The monoisotopic (exact) mass is 403 g/mol. The van der Waals surface area contributed by atoms with Gasteiger partial charge in [-0.25, -0.2) is 0 Å². The van der Waals surface area contributed by atoms with Crippen molar-refractivity contribution < 1.29 is 4.92 Å². The first-order chi connectivity index (χ1) is 11.6. The average molecular weight is 403 g/mol. The molecule has 0 aliphatic rings. The first-order valence-corrected chi connectivity index (χ1v) is 11.0. The average Bonchev–Trinajstić information content (AvgIpc) is 2.96. The number of benzene rings is 1. The van der Waals surface area contributed by atoms with Crippen molar-refractivity contribution in [1.29, 1.82) is 0 Å². The maximum absolute atomic E-state index is 10.9. The van der Waals surface area contributed by atoms with E-state index in [-0.39, 0.29) is 21.4 Å². The number of rotatable bonds is 5. The zero-order valence-corrected chi connectivity index (χ0v) is 15.9. The summed E-state index contributed by atoms with van der Waals surface area (Å²) in [5.41, 5.74) is 4.56. The fraction of sp³-hybridized carbons (Fsp3) is 0.133. The fourth-order valence-electron chi connectivity index (χ4n) is 2.11. The second-order valence-electron chi connectivity index (χ2n) is 4.88. The molecule has 0 bridgehead atoms. The summed E-state index contributed by atoms with van der Waals surface area (Å²) in [5.74, 6) is 0.398. The molecule has 1 unspecified atom stereocenters. The quantitative estimate of drug-likeness (QED) is 0.400. The van der Waals surface area contributed by atoms with Gasteiger partial charge in [-0.1, -0.05) is 0 Å². The molecule has 1 N–H and O–H groups in total. The molecule has 122 valence electrons. The summed E-state index contributed by atoms with van der Waals surface area (Å²) < 4.78 is 1.19. The second kappa shape index (κ2) is 7.07. The third-order valence-electron chi connectivity index (χ3n) is 3.21. The summed E-state index contributed by atoms with van der Waals surface area (Å²) in [7, 11) is 0. The van der Waals surface area contributed by atoms with Crippen LogP contribution in [0.1, 0.15) is 5.69 Å². The Morgan fingerprint density at radius 2 is 2.12 bits per heavy atom. The molecular formula is C15H14AsN5O2S. The Morgan fingerprint density at radius 1 is 1.29 bits per heavy atom. The molecule has 1 aromatic carbocycles. The summed E-state index contributed by atoms with van der Waals surface area (Å²) in [6.45, 7) is 1.98. The summed E-state index contributed by atoms with van der Waals surface area (Å²) in [6.07, 6.45) is 1.67. The third-order valence-corrected chi connectivity index (χ3v) is 7.04. The maximum atomic E-state index is 10.9. The van der Waals surface area contributed by atoms with Crippen molar-refractivity contribution in [1.82, 2.24) is 15.0 Å². The molecule has 0 aliphatic heterocycles. The van der Waals surface area contributed by atoms with Crippen LogP contribution >= 0.6 is 11.3 Å². The number of hydrogen-bond acceptors (Lipinski definition) is 7. The molecule has 0 saturated heterocycles. The van der Waals surface area contributed by atoms with Gasteiger partial charge in [0.2, 0.25) is 0 Å². The molecule has 2 aromatic heterocycles. The van der Waals surface area contributed by atoms with Crippen LogP contribution in [0.2, 0.25) is 5.71 Å². The Hall–Kier alpha value is -2.31. The van der Waals surface area contributed by atoms with Crippen LogP contribution in [0, 0.1) is 17.0 Å². The standard InChI is InChI=1S/C15H14AsN5O2S/c1-9-13(24-14(16-2)18-9)12-6-7-17-15(20-12)19-10-4-3-5-11(8-10)21(22)23/h3-8,16H,1-2H3,(H,17,19,20). The fourth-order valence-corrected chi connectivity index (χ4v) is 4.87. The van der Waals surface area contributed by atoms with E-state index in [1.54, 1.807) is 29.7 Å². The van der Waals surface area contributed by atoms with Crippen molar-refractivity contribution in [3.8, 4) is 10.6 Å². The van der Waals surface area contributed by atoms with Crippen molar-refractivity contribution in [3.63, 3.8) is 0 Å². The number of non-ortho nitro benzene ring substituents is 1. The zero-order valence-electron chi connectivity index (χ0n) is 13.0. The van der Waals surface area contributed by atoms with Gasteiger partial charge in [-0.3, -0.25) is 0 Å². The first kappa shape index (κ1) is 16.5. The molecule has 3 aromatic rings. The van der Waals surface area contributed by atoms with Gasteiger partial charge < -0.3 is 0 Å². The molecule has 0 saturated carbocycles. The van der Waals surface area contributed by atoms with Gasteiger partial charge in [-0.05, 0) is 0 Å². The Kier molecular flexibility index (Phi) is 4.87. The molecule has 0 aliphatic carbocycles. The SMILES string of the molecule is C[AsH]c1nc(C)c(-c2ccnc(Nc3cccc([N+](=O)[O-])c3)n2)s1. The van der Waals surface area contributed by atoms with Crippen LogP contribution in [0.3, 0.4) is 0 Å². The predicted molar refractivity (Wildman–Crippen MR) is 96.9 cm³/mol. The normalized spacial score (nSPS) is 11.1. The van der Waals surface area contributed by atoms with Gasteiger partial charge >= 0.3 is 149 Å². The van der Waals surface area contributed by atoms with Crippen LogP contribution in [0.25, 0.3) is 10.6 Å². The van der Waals surface area contributed by atoms with E-state index in [4.69, 9.17) is 0 Å². The summed E-state index contributed by atoms with van der Waals surface area (Å²) in [5, 5.41) is 13.9. The van der Waals surface area contributed by atoms with E-state index in [0.29, 0.717) is 11.6 Å². The zero-order chi connectivity index (χ0) is 17.1. The Bertz CT molecular complexity index is 899. The second-order valence-corrected chi connectivity index (χ2v) is 8.68. The van der Waals surface area contributed by atoms with Crippen molar-refractivity contribution in [2.24, 2.45) is 0 Å². The molecular weight excluding hydrogens is 389 g/mol. The molecule has 7 nitrogen and oxygen atoms in total. The van der Waals surface area contributed by atoms with Gasteiger partial charge in [0.05, 0.1) is 0 Å². The van der Waals surface area contributed by atoms with Crippen LogP contribution in [0.4, 0.5) is 17.3 Å². The Labute approximate surface area is 149 Å². The van der Waals surface area contributed by atoms with Crippen LogP contribution < -0.4 is 9.11 Å². The molecule has 24 heavy (non-hydrogen) atoms. The van der Waals surface area contributed by atoms with E-state index in [1.807, 2.05) is 13.0 Å². The number of aromatic nitrogens is 3. The number of nitro benzene ring substituents is 1. The van der Waals surface area contributed by atoms with Crippen LogP contribution in [-0.4, -0.2) is 35.6 Å². The number of thiazole rings is 1. The minimum atomic E-state index is -0.432. The van der Waals surface area contributed by atoms with E-state index >= 15 is 0 Å². The van der Waals surface area contributed by atoms with Gasteiger partial charge in [-0.15, -0.1) is 0 Å². The van der Waals surface area contributed by atoms with Crippen LogP contribution in [0.15, 0.2) is 36.5 Å². The number of anilines is 2. The third kappa shape index (κ3) is 3.60. The van der Waals surface area contributed by atoms with E-state index in [2.05, 4.69) is 26.0 Å². The molecule has 0 amide bonds. The summed E-state index contributed by atoms with van der Waals surface area (Å²) in [4.78, 5) is 24.7. The van der Waals surface area contributed by atoms with Crippen molar-refractivity contribution >= 4 is 48.2 Å². The Balaban J connectivity index is 1.89. The molecule has 2 heterocycles. The topological polar surface area (TPSA) is 93.8 Å². The van der Waals surface area contributed by atoms with Gasteiger partial charge in [-0.2, -0.15) is 0 Å². The summed E-state index contributed by atoms with van der Waals surface area (Å²) in [6, 6.07) is 8.10. The van der Waals surface area contributed by atoms with Gasteiger partial charge in [0, 0.05) is 0 Å². The molecule has 0 radical (unpaired) electrons. The number of nitrogens with zero attached hydrogens (tertiary/aromatic N) is 4. The van der Waals surface area contributed by atoms with E-state index < -0.39 is 4.92 Å². The Morgan fingerprint density at radius 3 is 2.83 bits per heavy atom. The molecule has 0 fully saturated rings. The summed E-state index contributed by atoms with van der Waals surface area (Å²) >= 11 is 1.49. The number of aryl methyl sites for hydroxylation is 1. The molecule has 3 rings (SSSR count). The van der Waals surface area contributed by atoms with Gasteiger partial charge in [0.1, 0.15) is 0 Å². The van der Waals surface area contributed by atoms with Crippen LogP contribution in [0.5, 0.6) is 0 Å². The van der Waals surface area contributed by atoms with Gasteiger partial charge in [0.15, 0.2) is 0 Å². The van der Waals surface area contributed by atoms with Crippen molar-refractivity contribution in [2.75, 3.05) is 5.32 Å². The predicted octanol–water partition coefficient (Wildman–Crippen LogP) is 2.67. The minimum absolute atomic E-state index is 0.0199. The van der Waals surface area contributed by atoms with Crippen molar-refractivity contribution in [3.05, 3.63) is 52.3 Å². The van der Waals surface area contributed by atoms with Crippen molar-refractivity contribution in [2.45, 2.75) is 12.6 Å². The number of nitro groups is 1. The van der Waals surface area contributed by atoms with E-state index in [1.165, 1.54) is 15.9 Å². The van der Waals surface area contributed by atoms with Gasteiger partial charge in [0.25, 0.3) is 0 Å². The molecule has 1 atom stereocenters. The van der Waals surface area contributed by atoms with E-state index in [0.717, 1.165) is 16.3 Å². The molecule has 0 spiro atoms. The number of hydrogen-bond donors (Lipinski definition) is 1.